The Balaban J connectivity index is 2.47. The summed E-state index contributed by atoms with van der Waals surface area (Å²) in [6, 6.07) is 5.95. The maximum Gasteiger partial charge on any atom is 0.180 e. The van der Waals surface area contributed by atoms with Gasteiger partial charge in [-0.2, -0.15) is 0 Å². The van der Waals surface area contributed by atoms with Crippen LogP contribution in [0.2, 0.25) is 0 Å². The molecule has 0 aliphatic carbocycles. The average Bonchev–Trinajstić information content (AvgIpc) is 2.48. The first kappa shape index (κ1) is 16.1. The minimum Gasteiger partial charge on any atom is -0.369 e. The van der Waals surface area contributed by atoms with Crippen molar-refractivity contribution in [1.82, 2.24) is 15.0 Å². The third kappa shape index (κ3) is 4.12. The van der Waals surface area contributed by atoms with Crippen molar-refractivity contribution in [3.63, 3.8) is 0 Å². The van der Waals surface area contributed by atoms with Crippen molar-refractivity contribution < 1.29 is 0 Å². The molecule has 0 fully saturated rings. The number of aromatic nitrogens is 3. The fourth-order valence-corrected chi connectivity index (χ4v) is 2.74. The highest BCUT2D eigenvalue weighted by Gasteiger charge is 2.13. The van der Waals surface area contributed by atoms with Gasteiger partial charge in [-0.05, 0) is 54.5 Å². The van der Waals surface area contributed by atoms with Crippen LogP contribution < -0.4 is 5.32 Å². The molecular weight excluding hydrogens is 375 g/mol. The number of rotatable bonds is 6. The second-order valence-corrected chi connectivity index (χ2v) is 6.08. The number of hydrogen-bond donors (Lipinski definition) is 1. The molecular formula is C16H21IN4. The van der Waals surface area contributed by atoms with E-state index in [1.54, 1.807) is 0 Å². The summed E-state index contributed by atoms with van der Waals surface area (Å²) in [4.78, 5) is 13.9. The predicted molar refractivity (Wildman–Crippen MR) is 95.5 cm³/mol. The molecule has 0 unspecified atom stereocenters. The van der Waals surface area contributed by atoms with Gasteiger partial charge in [0.1, 0.15) is 11.5 Å². The molecule has 0 saturated carbocycles. The van der Waals surface area contributed by atoms with E-state index in [9.17, 15) is 0 Å². The Kier molecular flexibility index (Phi) is 5.90. The van der Waals surface area contributed by atoms with Gasteiger partial charge in [0.2, 0.25) is 0 Å². The number of aryl methyl sites for hydroxylation is 2. The summed E-state index contributed by atoms with van der Waals surface area (Å²) in [5.41, 5.74) is 2.92. The van der Waals surface area contributed by atoms with Crippen molar-refractivity contribution in [2.45, 2.75) is 40.0 Å². The topological polar surface area (TPSA) is 50.7 Å². The lowest BCUT2D eigenvalue weighted by Gasteiger charge is -2.12. The second-order valence-electron chi connectivity index (χ2n) is 5.00. The van der Waals surface area contributed by atoms with Crippen LogP contribution in [-0.4, -0.2) is 21.5 Å². The molecule has 0 bridgehead atoms. The van der Waals surface area contributed by atoms with Crippen molar-refractivity contribution in [1.29, 1.82) is 0 Å². The van der Waals surface area contributed by atoms with E-state index in [0.29, 0.717) is 5.82 Å². The van der Waals surface area contributed by atoms with E-state index in [1.165, 1.54) is 0 Å². The van der Waals surface area contributed by atoms with E-state index in [0.717, 1.165) is 52.3 Å². The van der Waals surface area contributed by atoms with Gasteiger partial charge < -0.3 is 5.32 Å². The highest BCUT2D eigenvalue weighted by molar-refractivity contribution is 14.1. The van der Waals surface area contributed by atoms with Crippen LogP contribution in [0.3, 0.4) is 0 Å². The summed E-state index contributed by atoms with van der Waals surface area (Å²) in [6.45, 7) is 7.22. The molecule has 2 aromatic heterocycles. The monoisotopic (exact) mass is 396 g/mol. The number of nitrogens with zero attached hydrogens (tertiary/aromatic N) is 3. The zero-order valence-electron chi connectivity index (χ0n) is 12.8. The van der Waals surface area contributed by atoms with E-state index in [2.05, 4.69) is 51.7 Å². The minimum absolute atomic E-state index is 0.709. The standard InChI is InChI=1S/C16H21IN4/c1-4-7-12-14(17)16(18-10-5-2)21-15(20-12)13-9-6-8-11(3)19-13/h6,8-9H,4-5,7,10H2,1-3H3,(H,18,20,21). The van der Waals surface area contributed by atoms with Crippen molar-refractivity contribution in [2.24, 2.45) is 0 Å². The molecule has 0 spiro atoms. The number of halogens is 1. The van der Waals surface area contributed by atoms with Gasteiger partial charge in [-0.15, -0.1) is 0 Å². The summed E-state index contributed by atoms with van der Waals surface area (Å²) >= 11 is 2.34. The zero-order valence-corrected chi connectivity index (χ0v) is 14.9. The summed E-state index contributed by atoms with van der Waals surface area (Å²) in [5.74, 6) is 1.63. The lowest BCUT2D eigenvalue weighted by Crippen LogP contribution is -2.09. The average molecular weight is 396 g/mol. The Hall–Kier alpha value is -1.24. The molecule has 2 heterocycles. The molecule has 0 radical (unpaired) electrons. The smallest absolute Gasteiger partial charge is 0.180 e. The number of nitrogens with one attached hydrogen (secondary N) is 1. The van der Waals surface area contributed by atoms with Gasteiger partial charge in [0.05, 0.1) is 9.26 Å². The van der Waals surface area contributed by atoms with E-state index >= 15 is 0 Å². The highest BCUT2D eigenvalue weighted by atomic mass is 127. The molecule has 0 aliphatic rings. The van der Waals surface area contributed by atoms with Gasteiger partial charge in [0.25, 0.3) is 0 Å². The lowest BCUT2D eigenvalue weighted by molar-refractivity contribution is 0.862. The van der Waals surface area contributed by atoms with Crippen LogP contribution in [0.25, 0.3) is 11.5 Å². The van der Waals surface area contributed by atoms with Crippen LogP contribution in [0.1, 0.15) is 38.1 Å². The minimum atomic E-state index is 0.709. The maximum absolute atomic E-state index is 4.72. The molecule has 0 aromatic carbocycles. The molecule has 4 nitrogen and oxygen atoms in total. The van der Waals surface area contributed by atoms with Crippen LogP contribution in [-0.2, 0) is 6.42 Å². The fourth-order valence-electron chi connectivity index (χ4n) is 2.04. The summed E-state index contributed by atoms with van der Waals surface area (Å²) in [5, 5.41) is 3.40. The van der Waals surface area contributed by atoms with E-state index in [4.69, 9.17) is 4.98 Å². The third-order valence-corrected chi connectivity index (χ3v) is 4.20. The van der Waals surface area contributed by atoms with Crippen molar-refractivity contribution in [3.8, 4) is 11.5 Å². The predicted octanol–water partition coefficient (Wildman–Crippen LogP) is 4.23. The Bertz CT molecular complexity index is 613. The molecule has 0 aliphatic heterocycles. The Morgan fingerprint density at radius 3 is 2.57 bits per heavy atom. The van der Waals surface area contributed by atoms with Crippen LogP contribution >= 0.6 is 22.6 Å². The maximum atomic E-state index is 4.72. The first-order valence-corrected chi connectivity index (χ1v) is 8.47. The van der Waals surface area contributed by atoms with Gasteiger partial charge in [-0.25, -0.2) is 15.0 Å². The van der Waals surface area contributed by atoms with Crippen LogP contribution in [0, 0.1) is 10.5 Å². The molecule has 0 amide bonds. The largest absolute Gasteiger partial charge is 0.369 e. The van der Waals surface area contributed by atoms with Gasteiger partial charge >= 0.3 is 0 Å². The SMILES string of the molecule is CCCNc1nc(-c2cccc(C)n2)nc(CCC)c1I. The fraction of sp³-hybridized carbons (Fsp3) is 0.438. The van der Waals surface area contributed by atoms with Crippen LogP contribution in [0.5, 0.6) is 0 Å². The quantitative estimate of drug-likeness (QED) is 0.743. The molecule has 1 N–H and O–H groups in total. The van der Waals surface area contributed by atoms with Crippen molar-refractivity contribution in [3.05, 3.63) is 33.2 Å². The van der Waals surface area contributed by atoms with Gasteiger partial charge in [0.15, 0.2) is 5.82 Å². The molecule has 0 saturated heterocycles. The van der Waals surface area contributed by atoms with Gasteiger partial charge in [0, 0.05) is 12.2 Å². The lowest BCUT2D eigenvalue weighted by atomic mass is 10.2. The number of hydrogen-bond acceptors (Lipinski definition) is 4. The second kappa shape index (κ2) is 7.68. The molecule has 0 atom stereocenters. The van der Waals surface area contributed by atoms with Gasteiger partial charge in [-0.3, -0.25) is 0 Å². The van der Waals surface area contributed by atoms with Crippen molar-refractivity contribution in [2.75, 3.05) is 11.9 Å². The van der Waals surface area contributed by atoms with Gasteiger partial charge in [-0.1, -0.05) is 26.3 Å². The molecule has 5 heteroatoms. The van der Waals surface area contributed by atoms with E-state index in [1.807, 2.05) is 25.1 Å². The van der Waals surface area contributed by atoms with Crippen LogP contribution in [0.4, 0.5) is 5.82 Å². The molecule has 112 valence electrons. The Morgan fingerprint density at radius 1 is 1.10 bits per heavy atom. The highest BCUT2D eigenvalue weighted by Crippen LogP contribution is 2.24. The first-order chi connectivity index (χ1) is 10.2. The molecule has 2 rings (SSSR count). The summed E-state index contributed by atoms with van der Waals surface area (Å²) in [6.07, 6.45) is 3.10. The first-order valence-electron chi connectivity index (χ1n) is 7.40. The van der Waals surface area contributed by atoms with E-state index in [-0.39, 0.29) is 0 Å². The number of anilines is 1. The molecule has 2 aromatic rings. The Labute approximate surface area is 140 Å². The van der Waals surface area contributed by atoms with Crippen LogP contribution in [0.15, 0.2) is 18.2 Å². The van der Waals surface area contributed by atoms with E-state index < -0.39 is 0 Å². The van der Waals surface area contributed by atoms with Crippen molar-refractivity contribution >= 4 is 28.4 Å². The zero-order chi connectivity index (χ0) is 15.2. The summed E-state index contributed by atoms with van der Waals surface area (Å²) in [7, 11) is 0. The normalized spacial score (nSPS) is 10.7. The number of pyridine rings is 1. The molecule has 21 heavy (non-hydrogen) atoms. The summed E-state index contributed by atoms with van der Waals surface area (Å²) < 4.78 is 1.12. The Morgan fingerprint density at radius 2 is 1.90 bits per heavy atom. The third-order valence-electron chi connectivity index (χ3n) is 3.07.